The van der Waals surface area contributed by atoms with Crippen LogP contribution in [0.5, 0.6) is 17.2 Å². The predicted molar refractivity (Wildman–Crippen MR) is 285 cm³/mol. The highest BCUT2D eigenvalue weighted by atomic mass is 16.7. The SMILES string of the molecule is CC(C)(C)c1cc(C(CC(=O)OC(=O)O)c2cccc(C(CC(=O)OC(=O)O)c3cc(C(C)(C)C)c(O)c(C(C)(C)C)c3)c2C(CC(=O)OC(=O)O)c2cc(C(C)(C)C)c(O)c(C(C)(C)C)c2)cc(C(C)(C)C)c1O. The summed E-state index contributed by atoms with van der Waals surface area (Å²) in [5, 5.41) is 65.6. The van der Waals surface area contributed by atoms with Crippen LogP contribution in [0.4, 0.5) is 14.4 Å². The van der Waals surface area contributed by atoms with E-state index in [1.54, 1.807) is 54.6 Å². The second-order valence-electron chi connectivity index (χ2n) is 25.7. The van der Waals surface area contributed by atoms with Crippen molar-refractivity contribution in [3.63, 3.8) is 0 Å². The molecule has 75 heavy (non-hydrogen) atoms. The van der Waals surface area contributed by atoms with Gasteiger partial charge in [-0.2, -0.15) is 0 Å². The quantitative estimate of drug-likeness (QED) is 0.0438. The zero-order valence-electron chi connectivity index (χ0n) is 46.9. The van der Waals surface area contributed by atoms with Crippen LogP contribution in [0.25, 0.3) is 0 Å². The van der Waals surface area contributed by atoms with Crippen molar-refractivity contribution in [3.05, 3.63) is 121 Å². The molecule has 0 saturated heterocycles. The van der Waals surface area contributed by atoms with Crippen molar-refractivity contribution in [1.29, 1.82) is 0 Å². The molecule has 0 heterocycles. The molecular weight excluding hydrogens is 961 g/mol. The molecule has 0 amide bonds. The van der Waals surface area contributed by atoms with E-state index in [4.69, 9.17) is 14.2 Å². The van der Waals surface area contributed by atoms with Crippen LogP contribution in [-0.2, 0) is 61.1 Å². The summed E-state index contributed by atoms with van der Waals surface area (Å²) >= 11 is 0. The van der Waals surface area contributed by atoms with Crippen molar-refractivity contribution in [3.8, 4) is 17.2 Å². The standard InChI is InChI=1S/C60H78O15/c1-55(2,3)39-22-31(23-40(49(39)64)56(4,5)6)36(28-45(61)73-52(67)68)34-20-19-21-35(37(29-46(62)74-53(69)70)32-24-41(57(7,8)9)50(65)42(25-32)58(10,11)12)48(34)38(30-47(63)75-54(71)72)33-26-43(59(13,14)15)51(66)44(27-33)60(16,17)18/h19-27,36-38,64-66H,28-30H2,1-18H3,(H,67,68)(H,69,70)(H,71,72). The molecule has 4 aromatic carbocycles. The van der Waals surface area contributed by atoms with Gasteiger partial charge < -0.3 is 44.8 Å². The topological polar surface area (TPSA) is 251 Å². The summed E-state index contributed by atoms with van der Waals surface area (Å²) in [6, 6.07) is 15.2. The van der Waals surface area contributed by atoms with Crippen LogP contribution in [0, 0.1) is 0 Å². The number of phenols is 3. The van der Waals surface area contributed by atoms with E-state index in [1.165, 1.54) is 0 Å². The van der Waals surface area contributed by atoms with Gasteiger partial charge in [-0.15, -0.1) is 0 Å². The van der Waals surface area contributed by atoms with Crippen LogP contribution in [0.15, 0.2) is 54.6 Å². The summed E-state index contributed by atoms with van der Waals surface area (Å²) in [7, 11) is 0. The highest BCUT2D eigenvalue weighted by Crippen LogP contribution is 2.51. The molecule has 15 nitrogen and oxygen atoms in total. The van der Waals surface area contributed by atoms with E-state index in [1.807, 2.05) is 125 Å². The maximum absolute atomic E-state index is 14.2. The number of hydrogen-bond acceptors (Lipinski definition) is 12. The third-order valence-corrected chi connectivity index (χ3v) is 13.4. The number of carbonyl (C=O) groups is 6. The zero-order valence-corrected chi connectivity index (χ0v) is 46.9. The van der Waals surface area contributed by atoms with Gasteiger partial charge in [0.2, 0.25) is 0 Å². The monoisotopic (exact) mass is 1040 g/mol. The zero-order chi connectivity index (χ0) is 57.5. The Morgan fingerprint density at radius 3 is 0.773 bits per heavy atom. The fourth-order valence-electron chi connectivity index (χ4n) is 9.73. The van der Waals surface area contributed by atoms with E-state index in [-0.39, 0.29) is 33.9 Å². The molecule has 408 valence electrons. The lowest BCUT2D eigenvalue weighted by atomic mass is 9.69. The molecule has 6 N–H and O–H groups in total. The first-order valence-corrected chi connectivity index (χ1v) is 25.0. The maximum Gasteiger partial charge on any atom is 0.513 e. The van der Waals surface area contributed by atoms with Gasteiger partial charge in [0.05, 0.1) is 19.3 Å². The first kappa shape index (κ1) is 60.7. The first-order valence-electron chi connectivity index (χ1n) is 25.0. The highest BCUT2D eigenvalue weighted by molar-refractivity contribution is 5.84. The van der Waals surface area contributed by atoms with Crippen molar-refractivity contribution >= 4 is 36.4 Å². The van der Waals surface area contributed by atoms with Gasteiger partial charge in [-0.1, -0.05) is 179 Å². The Kier molecular flexibility index (Phi) is 17.6. The minimum atomic E-state index is -1.89. The smallest absolute Gasteiger partial charge is 0.507 e. The van der Waals surface area contributed by atoms with Crippen LogP contribution < -0.4 is 0 Å². The lowest BCUT2D eigenvalue weighted by molar-refractivity contribution is -0.140. The van der Waals surface area contributed by atoms with Gasteiger partial charge in [0.1, 0.15) is 17.2 Å². The predicted octanol–water partition coefficient (Wildman–Crippen LogP) is 13.8. The van der Waals surface area contributed by atoms with Crippen LogP contribution in [-0.4, -0.2) is 67.0 Å². The molecule has 15 heteroatoms. The average Bonchev–Trinajstić information content (AvgIpc) is 3.21. The number of benzene rings is 4. The Bertz CT molecular complexity index is 2620. The van der Waals surface area contributed by atoms with E-state index in [0.717, 1.165) is 0 Å². The molecular formula is C60H78O15. The number of rotatable bonds is 12. The van der Waals surface area contributed by atoms with Gasteiger partial charge in [0, 0.05) is 17.8 Å². The Hall–Kier alpha value is -6.90. The van der Waals surface area contributed by atoms with Crippen LogP contribution in [0.3, 0.4) is 0 Å². The molecule has 0 bridgehead atoms. The van der Waals surface area contributed by atoms with E-state index >= 15 is 0 Å². The number of esters is 3. The van der Waals surface area contributed by atoms with Crippen molar-refractivity contribution in [2.75, 3.05) is 0 Å². The first-order chi connectivity index (χ1) is 33.9. The molecule has 4 aromatic rings. The van der Waals surface area contributed by atoms with Gasteiger partial charge >= 0.3 is 36.4 Å². The molecule has 3 atom stereocenters. The summed E-state index contributed by atoms with van der Waals surface area (Å²) in [4.78, 5) is 78.8. The second-order valence-corrected chi connectivity index (χ2v) is 25.7. The minimum absolute atomic E-state index is 0.00367. The molecule has 0 spiro atoms. The number of hydrogen-bond donors (Lipinski definition) is 6. The number of phenolic OH excluding ortho intramolecular Hbond substituents is 3. The number of ether oxygens (including phenoxy) is 3. The minimum Gasteiger partial charge on any atom is -0.507 e. The molecule has 0 aliphatic rings. The fraction of sp³-hybridized carbons (Fsp3) is 0.500. The van der Waals surface area contributed by atoms with E-state index in [0.29, 0.717) is 50.1 Å². The maximum atomic E-state index is 14.2. The lowest BCUT2D eigenvalue weighted by Gasteiger charge is -2.35. The Morgan fingerprint density at radius 2 is 0.573 bits per heavy atom. The van der Waals surface area contributed by atoms with Gasteiger partial charge in [-0.25, -0.2) is 14.4 Å². The summed E-state index contributed by atoms with van der Waals surface area (Å²) in [6.07, 6.45) is -7.67. The summed E-state index contributed by atoms with van der Waals surface area (Å²) in [5.41, 5.74) is 0.362. The van der Waals surface area contributed by atoms with Crippen molar-refractivity contribution in [2.24, 2.45) is 0 Å². The molecule has 0 radical (unpaired) electrons. The van der Waals surface area contributed by atoms with Gasteiger partial charge in [0.15, 0.2) is 0 Å². The van der Waals surface area contributed by atoms with Gasteiger partial charge in [-0.3, -0.25) is 14.4 Å². The molecule has 0 saturated carbocycles. The second kappa shape index (κ2) is 21.8. The number of carboxylic acid groups (broad SMARTS) is 3. The van der Waals surface area contributed by atoms with E-state index < -0.39 is 106 Å². The van der Waals surface area contributed by atoms with Crippen LogP contribution in [0.1, 0.15) is 228 Å². The Balaban J connectivity index is 2.53. The molecule has 0 aliphatic carbocycles. The molecule has 0 fully saturated rings. The Morgan fingerprint density at radius 1 is 0.373 bits per heavy atom. The van der Waals surface area contributed by atoms with Crippen molar-refractivity contribution in [1.82, 2.24) is 0 Å². The molecule has 0 aromatic heterocycles. The fourth-order valence-corrected chi connectivity index (χ4v) is 9.73. The molecule has 0 aliphatic heterocycles. The van der Waals surface area contributed by atoms with Crippen molar-refractivity contribution in [2.45, 2.75) is 194 Å². The third-order valence-electron chi connectivity index (χ3n) is 13.4. The number of carbonyl (C=O) groups excluding carboxylic acids is 3. The van der Waals surface area contributed by atoms with Crippen molar-refractivity contribution < 1.29 is 73.6 Å². The van der Waals surface area contributed by atoms with Crippen LogP contribution >= 0.6 is 0 Å². The third kappa shape index (κ3) is 14.7. The summed E-state index contributed by atoms with van der Waals surface area (Å²) in [6.45, 7) is 34.0. The molecule has 4 rings (SSSR count). The van der Waals surface area contributed by atoms with E-state index in [2.05, 4.69) is 0 Å². The molecule has 3 unspecified atom stereocenters. The lowest BCUT2D eigenvalue weighted by Crippen LogP contribution is -2.25. The van der Waals surface area contributed by atoms with E-state index in [9.17, 15) is 59.4 Å². The summed E-state index contributed by atoms with van der Waals surface area (Å²) in [5.74, 6) is -7.27. The summed E-state index contributed by atoms with van der Waals surface area (Å²) < 4.78 is 14.5. The van der Waals surface area contributed by atoms with Gasteiger partial charge in [0.25, 0.3) is 0 Å². The normalized spacial score (nSPS) is 13.8. The average molecular weight is 1040 g/mol. The van der Waals surface area contributed by atoms with Gasteiger partial charge in [-0.05, 0) is 99.3 Å². The largest absolute Gasteiger partial charge is 0.513 e. The highest BCUT2D eigenvalue weighted by Gasteiger charge is 2.39. The Labute approximate surface area is 441 Å². The van der Waals surface area contributed by atoms with Crippen LogP contribution in [0.2, 0.25) is 0 Å². The number of aromatic hydroxyl groups is 3.